The highest BCUT2D eigenvalue weighted by Gasteiger charge is 2.54. The first-order chi connectivity index (χ1) is 15.7. The van der Waals surface area contributed by atoms with Crippen molar-refractivity contribution in [2.24, 2.45) is 0 Å². The minimum absolute atomic E-state index is 0.221. The predicted octanol–water partition coefficient (Wildman–Crippen LogP) is 4.49. The number of ketones is 1. The van der Waals surface area contributed by atoms with E-state index in [2.05, 4.69) is 17.0 Å². The molecule has 0 radical (unpaired) electrons. The van der Waals surface area contributed by atoms with Crippen LogP contribution in [0.25, 0.3) is 0 Å². The van der Waals surface area contributed by atoms with Gasteiger partial charge in [-0.15, -0.1) is 0 Å². The maximum absolute atomic E-state index is 13.7. The Labute approximate surface area is 191 Å². The smallest absolute Gasteiger partial charge is 0.389 e. The van der Waals surface area contributed by atoms with Crippen molar-refractivity contribution in [1.29, 1.82) is 0 Å². The molecule has 5 nitrogen and oxygen atoms in total. The Morgan fingerprint density at radius 2 is 1.76 bits per heavy atom. The fourth-order valence-electron chi connectivity index (χ4n) is 4.96. The van der Waals surface area contributed by atoms with Crippen LogP contribution in [0.5, 0.6) is 5.75 Å². The van der Waals surface area contributed by atoms with Gasteiger partial charge in [-0.25, -0.2) is 0 Å². The maximum Gasteiger partial charge on any atom is 0.389 e. The third-order valence-corrected chi connectivity index (χ3v) is 6.63. The molecule has 1 fully saturated rings. The van der Waals surface area contributed by atoms with Gasteiger partial charge >= 0.3 is 6.18 Å². The number of nitrogens with zero attached hydrogens (tertiary/aromatic N) is 2. The van der Waals surface area contributed by atoms with E-state index in [1.165, 1.54) is 17.6 Å². The lowest BCUT2D eigenvalue weighted by Crippen LogP contribution is -2.49. The molecule has 0 unspecified atom stereocenters. The summed E-state index contributed by atoms with van der Waals surface area (Å²) in [5.41, 5.74) is 1.68. The Hall–Kier alpha value is -2.87. The van der Waals surface area contributed by atoms with Gasteiger partial charge in [0, 0.05) is 18.5 Å². The lowest BCUT2D eigenvalue weighted by molar-refractivity contribution is -0.142. The molecule has 0 saturated carbocycles. The van der Waals surface area contributed by atoms with Crippen LogP contribution in [0.4, 0.5) is 18.9 Å². The summed E-state index contributed by atoms with van der Waals surface area (Å²) in [4.78, 5) is 29.7. The van der Waals surface area contributed by atoms with Crippen molar-refractivity contribution in [2.45, 2.75) is 43.8 Å². The number of methoxy groups -OCH3 is 1. The Balaban J connectivity index is 1.56. The lowest BCUT2D eigenvalue weighted by atomic mass is 9.73. The van der Waals surface area contributed by atoms with Crippen molar-refractivity contribution in [2.75, 3.05) is 31.6 Å². The van der Waals surface area contributed by atoms with Crippen LogP contribution < -0.4 is 9.64 Å². The summed E-state index contributed by atoms with van der Waals surface area (Å²) in [6.45, 7) is 1.80. The van der Waals surface area contributed by atoms with E-state index in [0.717, 1.165) is 12.1 Å². The number of Topliss-reactive ketones (excluding diaryl/α,β-unsaturated/α-hetero) is 1. The van der Waals surface area contributed by atoms with Crippen molar-refractivity contribution < 1.29 is 27.5 Å². The van der Waals surface area contributed by atoms with Crippen molar-refractivity contribution in [1.82, 2.24) is 4.90 Å². The normalized spacial score (nSPS) is 17.9. The van der Waals surface area contributed by atoms with Crippen LogP contribution in [0.2, 0.25) is 0 Å². The van der Waals surface area contributed by atoms with Gasteiger partial charge in [0.15, 0.2) is 5.78 Å². The van der Waals surface area contributed by atoms with Gasteiger partial charge in [0.2, 0.25) is 5.91 Å². The minimum atomic E-state index is -4.40. The fourth-order valence-corrected chi connectivity index (χ4v) is 4.96. The second-order valence-corrected chi connectivity index (χ2v) is 8.74. The summed E-state index contributed by atoms with van der Waals surface area (Å²) in [5.74, 6) is -0.252. The van der Waals surface area contributed by atoms with Gasteiger partial charge in [-0.05, 0) is 43.6 Å². The zero-order valence-electron chi connectivity index (χ0n) is 18.5. The summed E-state index contributed by atoms with van der Waals surface area (Å²) >= 11 is 0. The standard InChI is InChI=1S/C25H27F3N2O3/c1-33-21-9-5-8-20-22(21)24(23(32)30(20)17-19(31)10-11-25(26,27)28)12-14-29(15-13-24)16-18-6-3-2-4-7-18/h2-9H,10-17H2,1H3. The Kier molecular flexibility index (Phi) is 6.47. The number of hydrogen-bond donors (Lipinski definition) is 0. The second-order valence-electron chi connectivity index (χ2n) is 8.74. The summed E-state index contributed by atoms with van der Waals surface area (Å²) in [6.07, 6.45) is -5.11. The molecule has 8 heteroatoms. The molecular weight excluding hydrogens is 433 g/mol. The van der Waals surface area contributed by atoms with Crippen molar-refractivity contribution >= 4 is 17.4 Å². The molecule has 2 aliphatic heterocycles. The largest absolute Gasteiger partial charge is 0.496 e. The van der Waals surface area contributed by atoms with E-state index >= 15 is 0 Å². The average Bonchev–Trinajstić information content (AvgIpc) is 3.02. The molecule has 176 valence electrons. The van der Waals surface area contributed by atoms with E-state index in [-0.39, 0.29) is 12.5 Å². The molecule has 2 aliphatic rings. The topological polar surface area (TPSA) is 49.9 Å². The number of amides is 1. The molecule has 4 rings (SSSR count). The number of benzene rings is 2. The lowest BCUT2D eigenvalue weighted by Gasteiger charge is -2.39. The summed E-state index contributed by atoms with van der Waals surface area (Å²) in [5, 5.41) is 0. The fraction of sp³-hybridized carbons (Fsp3) is 0.440. The molecule has 0 atom stereocenters. The number of alkyl halides is 3. The van der Waals surface area contributed by atoms with Crippen LogP contribution in [-0.2, 0) is 21.5 Å². The molecule has 1 saturated heterocycles. The number of anilines is 1. The van der Waals surface area contributed by atoms with E-state index in [1.807, 2.05) is 18.2 Å². The number of fused-ring (bicyclic) bond motifs is 2. The van der Waals surface area contributed by atoms with Gasteiger partial charge in [-0.2, -0.15) is 13.2 Å². The molecule has 0 bridgehead atoms. The monoisotopic (exact) mass is 460 g/mol. The van der Waals surface area contributed by atoms with E-state index in [1.54, 1.807) is 18.2 Å². The van der Waals surface area contributed by atoms with E-state index in [9.17, 15) is 22.8 Å². The number of halogens is 3. The molecule has 1 spiro atoms. The highest BCUT2D eigenvalue weighted by atomic mass is 19.4. The Morgan fingerprint density at radius 3 is 2.39 bits per heavy atom. The number of hydrogen-bond acceptors (Lipinski definition) is 4. The highest BCUT2D eigenvalue weighted by molar-refractivity contribution is 6.11. The first-order valence-corrected chi connectivity index (χ1v) is 11.1. The van der Waals surface area contributed by atoms with Crippen molar-refractivity contribution in [3.05, 3.63) is 59.7 Å². The maximum atomic E-state index is 13.7. The number of piperidine rings is 1. The third kappa shape index (κ3) is 4.76. The first-order valence-electron chi connectivity index (χ1n) is 11.1. The Bertz CT molecular complexity index is 1020. The van der Waals surface area contributed by atoms with Crippen LogP contribution in [0.3, 0.4) is 0 Å². The van der Waals surface area contributed by atoms with E-state index in [0.29, 0.717) is 37.4 Å². The predicted molar refractivity (Wildman–Crippen MR) is 118 cm³/mol. The van der Waals surface area contributed by atoms with Crippen LogP contribution in [-0.4, -0.2) is 49.5 Å². The number of ether oxygens (including phenoxy) is 1. The number of carbonyl (C=O) groups is 2. The SMILES string of the molecule is COc1cccc2c1C1(CCN(Cc3ccccc3)CC1)C(=O)N2CC(=O)CCC(F)(F)F. The van der Waals surface area contributed by atoms with Crippen LogP contribution >= 0.6 is 0 Å². The number of carbonyl (C=O) groups excluding carboxylic acids is 2. The molecule has 1 amide bonds. The molecule has 0 aromatic heterocycles. The van der Waals surface area contributed by atoms with Crippen molar-refractivity contribution in [3.8, 4) is 5.75 Å². The molecule has 2 aromatic rings. The van der Waals surface area contributed by atoms with Crippen LogP contribution in [0.15, 0.2) is 48.5 Å². The quantitative estimate of drug-likeness (QED) is 0.611. The highest BCUT2D eigenvalue weighted by Crippen LogP contribution is 2.52. The summed E-state index contributed by atoms with van der Waals surface area (Å²) in [7, 11) is 1.54. The Morgan fingerprint density at radius 1 is 1.06 bits per heavy atom. The van der Waals surface area contributed by atoms with Gasteiger partial charge in [0.1, 0.15) is 5.75 Å². The van der Waals surface area contributed by atoms with Crippen molar-refractivity contribution in [3.63, 3.8) is 0 Å². The molecule has 33 heavy (non-hydrogen) atoms. The van der Waals surface area contributed by atoms with Gasteiger partial charge in [-0.3, -0.25) is 14.5 Å². The summed E-state index contributed by atoms with van der Waals surface area (Å²) < 4.78 is 43.3. The summed E-state index contributed by atoms with van der Waals surface area (Å²) in [6, 6.07) is 15.4. The first kappa shape index (κ1) is 23.3. The van der Waals surface area contributed by atoms with E-state index in [4.69, 9.17) is 4.74 Å². The molecule has 0 aliphatic carbocycles. The van der Waals surface area contributed by atoms with Crippen LogP contribution in [0.1, 0.15) is 36.8 Å². The zero-order chi connectivity index (χ0) is 23.6. The van der Waals surface area contributed by atoms with Gasteiger partial charge in [0.05, 0.1) is 31.2 Å². The molecular formula is C25H27F3N2O3. The average molecular weight is 460 g/mol. The second kappa shape index (κ2) is 9.17. The molecule has 0 N–H and O–H groups in total. The van der Waals surface area contributed by atoms with E-state index < -0.39 is 30.2 Å². The van der Waals surface area contributed by atoms with Crippen LogP contribution in [0, 0.1) is 0 Å². The third-order valence-electron chi connectivity index (χ3n) is 6.63. The number of rotatable bonds is 7. The molecule has 2 aromatic carbocycles. The zero-order valence-corrected chi connectivity index (χ0v) is 18.5. The molecule has 2 heterocycles. The van der Waals surface area contributed by atoms with Gasteiger partial charge in [0.25, 0.3) is 0 Å². The number of likely N-dealkylation sites (tertiary alicyclic amines) is 1. The van der Waals surface area contributed by atoms with Gasteiger partial charge in [-0.1, -0.05) is 36.4 Å². The van der Waals surface area contributed by atoms with Gasteiger partial charge < -0.3 is 9.64 Å². The minimum Gasteiger partial charge on any atom is -0.496 e.